The van der Waals surface area contributed by atoms with Gasteiger partial charge in [0.1, 0.15) is 5.75 Å². The molecule has 0 aliphatic rings. The zero-order valence-electron chi connectivity index (χ0n) is 10.1. The van der Waals surface area contributed by atoms with Crippen LogP contribution >= 0.6 is 22.6 Å². The molecule has 0 atom stereocenters. The molecule has 0 N–H and O–H groups in total. The summed E-state index contributed by atoms with van der Waals surface area (Å²) < 4.78 is 12.0. The van der Waals surface area contributed by atoms with Crippen LogP contribution in [0.5, 0.6) is 5.75 Å². The van der Waals surface area contributed by atoms with Gasteiger partial charge in [-0.25, -0.2) is 4.98 Å². The SMILES string of the molecule is CCc1nc(C)c(-c2ccc(OC)c(I)c2)o1. The van der Waals surface area contributed by atoms with E-state index < -0.39 is 0 Å². The van der Waals surface area contributed by atoms with Crippen molar-refractivity contribution in [3.63, 3.8) is 0 Å². The monoisotopic (exact) mass is 343 g/mol. The lowest BCUT2D eigenvalue weighted by Gasteiger charge is -2.04. The van der Waals surface area contributed by atoms with E-state index in [0.29, 0.717) is 0 Å². The van der Waals surface area contributed by atoms with E-state index in [9.17, 15) is 0 Å². The van der Waals surface area contributed by atoms with E-state index in [4.69, 9.17) is 9.15 Å². The molecular formula is C13H14INO2. The maximum atomic E-state index is 5.72. The van der Waals surface area contributed by atoms with Gasteiger partial charge in [0.05, 0.1) is 16.4 Å². The number of aryl methyl sites for hydroxylation is 2. The third kappa shape index (κ3) is 2.46. The van der Waals surface area contributed by atoms with Gasteiger partial charge in [-0.1, -0.05) is 6.92 Å². The Labute approximate surface area is 114 Å². The molecule has 1 aromatic heterocycles. The first kappa shape index (κ1) is 12.4. The second-order valence-corrected chi connectivity index (χ2v) is 4.89. The standard InChI is InChI=1S/C13H14INO2/c1-4-12-15-8(2)13(17-12)9-5-6-11(16-3)10(14)7-9/h5-7H,4H2,1-3H3. The summed E-state index contributed by atoms with van der Waals surface area (Å²) in [6.07, 6.45) is 0.814. The molecule has 3 nitrogen and oxygen atoms in total. The van der Waals surface area contributed by atoms with Crippen molar-refractivity contribution in [2.24, 2.45) is 0 Å². The van der Waals surface area contributed by atoms with Gasteiger partial charge < -0.3 is 9.15 Å². The van der Waals surface area contributed by atoms with Crippen LogP contribution in [0.15, 0.2) is 22.6 Å². The number of hydrogen-bond acceptors (Lipinski definition) is 3. The second-order valence-electron chi connectivity index (χ2n) is 3.73. The van der Waals surface area contributed by atoms with Gasteiger partial charge in [-0.15, -0.1) is 0 Å². The summed E-state index contributed by atoms with van der Waals surface area (Å²) in [6.45, 7) is 4.00. The summed E-state index contributed by atoms with van der Waals surface area (Å²) >= 11 is 2.25. The van der Waals surface area contributed by atoms with Crippen LogP contribution < -0.4 is 4.74 Å². The van der Waals surface area contributed by atoms with Crippen LogP contribution in [0.4, 0.5) is 0 Å². The van der Waals surface area contributed by atoms with Gasteiger partial charge in [0, 0.05) is 12.0 Å². The Morgan fingerprint density at radius 2 is 2.18 bits per heavy atom. The number of halogens is 1. The Morgan fingerprint density at radius 3 is 2.71 bits per heavy atom. The van der Waals surface area contributed by atoms with Crippen LogP contribution in [0.3, 0.4) is 0 Å². The van der Waals surface area contributed by atoms with E-state index in [1.165, 1.54) is 0 Å². The van der Waals surface area contributed by atoms with Crippen molar-refractivity contribution >= 4 is 22.6 Å². The van der Waals surface area contributed by atoms with E-state index >= 15 is 0 Å². The van der Waals surface area contributed by atoms with Crippen LogP contribution in [-0.2, 0) is 6.42 Å². The number of benzene rings is 1. The van der Waals surface area contributed by atoms with Crippen LogP contribution in [-0.4, -0.2) is 12.1 Å². The molecule has 1 heterocycles. The van der Waals surface area contributed by atoms with Crippen molar-refractivity contribution in [3.05, 3.63) is 33.4 Å². The summed E-state index contributed by atoms with van der Waals surface area (Å²) in [6, 6.07) is 5.99. The van der Waals surface area contributed by atoms with Gasteiger partial charge in [0.25, 0.3) is 0 Å². The normalized spacial score (nSPS) is 10.6. The van der Waals surface area contributed by atoms with E-state index in [1.807, 2.05) is 32.0 Å². The predicted molar refractivity (Wildman–Crippen MR) is 75.3 cm³/mol. The average molecular weight is 343 g/mol. The maximum absolute atomic E-state index is 5.72. The Morgan fingerprint density at radius 1 is 1.41 bits per heavy atom. The highest BCUT2D eigenvalue weighted by Gasteiger charge is 2.12. The van der Waals surface area contributed by atoms with E-state index in [2.05, 4.69) is 27.6 Å². The predicted octanol–water partition coefficient (Wildman–Crippen LogP) is 3.83. The molecule has 17 heavy (non-hydrogen) atoms. The van der Waals surface area contributed by atoms with Crippen LogP contribution in [0.2, 0.25) is 0 Å². The van der Waals surface area contributed by atoms with Crippen molar-refractivity contribution in [1.82, 2.24) is 4.98 Å². The fourth-order valence-corrected chi connectivity index (χ4v) is 2.41. The van der Waals surface area contributed by atoms with Crippen LogP contribution in [0.25, 0.3) is 11.3 Å². The van der Waals surface area contributed by atoms with Crippen LogP contribution in [0.1, 0.15) is 18.5 Å². The Balaban J connectivity index is 2.45. The first-order valence-corrected chi connectivity index (χ1v) is 6.53. The quantitative estimate of drug-likeness (QED) is 0.795. The lowest BCUT2D eigenvalue weighted by atomic mass is 10.1. The smallest absolute Gasteiger partial charge is 0.194 e. The number of rotatable bonds is 3. The van der Waals surface area contributed by atoms with Gasteiger partial charge in [-0.05, 0) is 47.7 Å². The Hall–Kier alpha value is -1.04. The van der Waals surface area contributed by atoms with Crippen LogP contribution in [0, 0.1) is 10.5 Å². The van der Waals surface area contributed by atoms with Gasteiger partial charge in [0.2, 0.25) is 0 Å². The number of nitrogens with zero attached hydrogens (tertiary/aromatic N) is 1. The lowest BCUT2D eigenvalue weighted by molar-refractivity contribution is 0.412. The molecular weight excluding hydrogens is 329 g/mol. The van der Waals surface area contributed by atoms with Gasteiger partial charge in [0.15, 0.2) is 11.7 Å². The summed E-state index contributed by atoms with van der Waals surface area (Å²) in [5.41, 5.74) is 1.97. The van der Waals surface area contributed by atoms with Crippen molar-refractivity contribution < 1.29 is 9.15 Å². The molecule has 0 spiro atoms. The summed E-state index contributed by atoms with van der Waals surface area (Å²) in [5, 5.41) is 0. The van der Waals surface area contributed by atoms with E-state index in [-0.39, 0.29) is 0 Å². The van der Waals surface area contributed by atoms with Gasteiger partial charge in [-0.3, -0.25) is 0 Å². The lowest BCUT2D eigenvalue weighted by Crippen LogP contribution is -1.87. The Bertz CT molecular complexity index is 534. The highest BCUT2D eigenvalue weighted by atomic mass is 127. The third-order valence-corrected chi connectivity index (χ3v) is 3.40. The molecule has 0 radical (unpaired) electrons. The van der Waals surface area contributed by atoms with Crippen molar-refractivity contribution in [1.29, 1.82) is 0 Å². The summed E-state index contributed by atoms with van der Waals surface area (Å²) in [7, 11) is 1.67. The van der Waals surface area contributed by atoms with E-state index in [1.54, 1.807) is 7.11 Å². The van der Waals surface area contributed by atoms with E-state index in [0.717, 1.165) is 38.6 Å². The first-order chi connectivity index (χ1) is 8.15. The topological polar surface area (TPSA) is 35.3 Å². The highest BCUT2D eigenvalue weighted by molar-refractivity contribution is 14.1. The average Bonchev–Trinajstić information content (AvgIpc) is 2.70. The zero-order valence-corrected chi connectivity index (χ0v) is 12.2. The minimum atomic E-state index is 0.781. The molecule has 0 saturated heterocycles. The highest BCUT2D eigenvalue weighted by Crippen LogP contribution is 2.30. The number of aromatic nitrogens is 1. The number of oxazole rings is 1. The molecule has 0 fully saturated rings. The van der Waals surface area contributed by atoms with Gasteiger partial charge in [-0.2, -0.15) is 0 Å². The van der Waals surface area contributed by atoms with Gasteiger partial charge >= 0.3 is 0 Å². The summed E-state index contributed by atoms with van der Waals surface area (Å²) in [5.74, 6) is 2.51. The first-order valence-electron chi connectivity index (χ1n) is 5.46. The number of hydrogen-bond donors (Lipinski definition) is 0. The number of methoxy groups -OCH3 is 1. The number of ether oxygens (including phenoxy) is 1. The second kappa shape index (κ2) is 5.08. The zero-order chi connectivity index (χ0) is 12.4. The largest absolute Gasteiger partial charge is 0.496 e. The maximum Gasteiger partial charge on any atom is 0.194 e. The van der Waals surface area contributed by atoms with Crippen molar-refractivity contribution in [3.8, 4) is 17.1 Å². The molecule has 0 saturated carbocycles. The molecule has 0 amide bonds. The fourth-order valence-electron chi connectivity index (χ4n) is 1.68. The molecule has 0 aliphatic heterocycles. The Kier molecular flexibility index (Phi) is 3.71. The molecule has 1 aromatic carbocycles. The molecule has 2 rings (SSSR count). The molecule has 0 unspecified atom stereocenters. The van der Waals surface area contributed by atoms with Crippen molar-refractivity contribution in [2.75, 3.05) is 7.11 Å². The molecule has 0 aliphatic carbocycles. The molecule has 90 valence electrons. The molecule has 4 heteroatoms. The third-order valence-electron chi connectivity index (χ3n) is 2.56. The van der Waals surface area contributed by atoms with Crippen molar-refractivity contribution in [2.45, 2.75) is 20.3 Å². The minimum Gasteiger partial charge on any atom is -0.496 e. The fraction of sp³-hybridized carbons (Fsp3) is 0.308. The summed E-state index contributed by atoms with van der Waals surface area (Å²) in [4.78, 5) is 4.38. The molecule has 2 aromatic rings. The molecule has 0 bridgehead atoms. The minimum absolute atomic E-state index is 0.781.